The number of alkyl halides is 4. The molecule has 248 valence electrons. The first-order valence-electron chi connectivity index (χ1n) is 15.2. The summed E-state index contributed by atoms with van der Waals surface area (Å²) in [5.41, 5.74) is 2.05. The van der Waals surface area contributed by atoms with Crippen LogP contribution in [-0.4, -0.2) is 71.6 Å². The SMILES string of the molecule is C[C@@H]1CN(c2nc(OC[C@@]34CCCN3C[C@H](F)C4)nc3c(F)c(-c4ccc(F)c5sc(N)c(C#N)c45)c(C(F)(F)F)cc23)C[C@H](C)O1. The van der Waals surface area contributed by atoms with Crippen LogP contribution in [0.3, 0.4) is 0 Å². The first kappa shape index (κ1) is 31.7. The van der Waals surface area contributed by atoms with Gasteiger partial charge in [0.2, 0.25) is 0 Å². The minimum Gasteiger partial charge on any atom is -0.461 e. The maximum Gasteiger partial charge on any atom is 0.417 e. The van der Waals surface area contributed by atoms with Gasteiger partial charge in [0.25, 0.3) is 0 Å². The fraction of sp³-hybridized carbons (Fsp3) is 0.469. The second-order valence-corrected chi connectivity index (χ2v) is 13.7. The molecule has 15 heteroatoms. The third-order valence-electron chi connectivity index (χ3n) is 9.35. The Balaban J connectivity index is 1.46. The largest absolute Gasteiger partial charge is 0.461 e. The van der Waals surface area contributed by atoms with Gasteiger partial charge in [0, 0.05) is 42.4 Å². The monoisotopic (exact) mass is 676 g/mol. The van der Waals surface area contributed by atoms with E-state index < -0.39 is 46.2 Å². The number of anilines is 2. The Labute approximate surface area is 269 Å². The van der Waals surface area contributed by atoms with Gasteiger partial charge >= 0.3 is 12.2 Å². The van der Waals surface area contributed by atoms with Crippen LogP contribution < -0.4 is 15.4 Å². The van der Waals surface area contributed by atoms with E-state index in [0.29, 0.717) is 24.3 Å². The summed E-state index contributed by atoms with van der Waals surface area (Å²) in [5.74, 6) is -2.12. The summed E-state index contributed by atoms with van der Waals surface area (Å²) < 4.78 is 103. The van der Waals surface area contributed by atoms with Gasteiger partial charge in [-0.2, -0.15) is 28.4 Å². The fourth-order valence-electron chi connectivity index (χ4n) is 7.49. The summed E-state index contributed by atoms with van der Waals surface area (Å²) in [4.78, 5) is 12.6. The Morgan fingerprint density at radius 2 is 1.91 bits per heavy atom. The van der Waals surface area contributed by atoms with Crippen molar-refractivity contribution < 1.29 is 35.8 Å². The zero-order valence-electron chi connectivity index (χ0n) is 25.4. The number of rotatable bonds is 5. The normalized spacial score (nSPS) is 25.1. The van der Waals surface area contributed by atoms with Crippen molar-refractivity contribution in [1.82, 2.24) is 14.9 Å². The minimum absolute atomic E-state index is 0.0156. The summed E-state index contributed by atoms with van der Waals surface area (Å²) in [6, 6.07) is 4.27. The van der Waals surface area contributed by atoms with Crippen molar-refractivity contribution in [2.45, 2.75) is 63.2 Å². The van der Waals surface area contributed by atoms with Crippen LogP contribution in [-0.2, 0) is 10.9 Å². The van der Waals surface area contributed by atoms with Crippen LogP contribution in [0.15, 0.2) is 18.2 Å². The molecule has 0 bridgehead atoms. The third-order valence-corrected chi connectivity index (χ3v) is 10.4. The molecule has 3 aliphatic heterocycles. The van der Waals surface area contributed by atoms with Crippen molar-refractivity contribution in [3.05, 3.63) is 41.0 Å². The van der Waals surface area contributed by atoms with Crippen LogP contribution >= 0.6 is 11.3 Å². The molecule has 47 heavy (non-hydrogen) atoms. The third kappa shape index (κ3) is 5.30. The molecular formula is C32H30F6N6O2S. The van der Waals surface area contributed by atoms with Gasteiger partial charge in [-0.1, -0.05) is 6.07 Å². The Hall–Kier alpha value is -3.87. The quantitative estimate of drug-likeness (QED) is 0.230. The lowest BCUT2D eigenvalue weighted by Crippen LogP contribution is -2.46. The molecule has 0 aliphatic carbocycles. The lowest BCUT2D eigenvalue weighted by Gasteiger charge is -2.36. The molecule has 8 nitrogen and oxygen atoms in total. The second kappa shape index (κ2) is 11.4. The number of hydrogen-bond donors (Lipinski definition) is 1. The number of nitrogens with two attached hydrogens (primary N) is 1. The molecule has 5 heterocycles. The van der Waals surface area contributed by atoms with E-state index in [-0.39, 0.29) is 88.3 Å². The Morgan fingerprint density at radius 3 is 2.62 bits per heavy atom. The van der Waals surface area contributed by atoms with Crippen molar-refractivity contribution in [2.24, 2.45) is 0 Å². The summed E-state index contributed by atoms with van der Waals surface area (Å²) in [7, 11) is 0. The number of ether oxygens (including phenoxy) is 2. The Bertz CT molecular complexity index is 1940. The number of thiophene rings is 1. The first-order valence-corrected chi connectivity index (χ1v) is 16.1. The highest BCUT2D eigenvalue weighted by Gasteiger charge is 2.49. The zero-order chi connectivity index (χ0) is 33.4. The topological polar surface area (TPSA) is 101 Å². The summed E-state index contributed by atoms with van der Waals surface area (Å²) in [5, 5.41) is 9.25. The molecular weight excluding hydrogens is 646 g/mol. The number of nitrogen functional groups attached to an aromatic ring is 1. The summed E-state index contributed by atoms with van der Waals surface area (Å²) in [6.07, 6.45) is -4.94. The minimum atomic E-state index is -5.08. The average Bonchev–Trinajstić information content (AvgIpc) is 3.64. The highest BCUT2D eigenvalue weighted by atomic mass is 32.1. The van der Waals surface area contributed by atoms with E-state index >= 15 is 4.39 Å². The van der Waals surface area contributed by atoms with E-state index in [0.717, 1.165) is 24.6 Å². The molecule has 3 fully saturated rings. The predicted molar refractivity (Wildman–Crippen MR) is 165 cm³/mol. The van der Waals surface area contributed by atoms with Crippen LogP contribution in [0.2, 0.25) is 0 Å². The molecule has 2 aromatic heterocycles. The first-order chi connectivity index (χ1) is 22.3. The van der Waals surface area contributed by atoms with E-state index in [4.69, 9.17) is 15.2 Å². The van der Waals surface area contributed by atoms with Crippen LogP contribution in [0.1, 0.15) is 44.2 Å². The number of benzene rings is 2. The van der Waals surface area contributed by atoms with Crippen molar-refractivity contribution in [1.29, 1.82) is 5.26 Å². The highest BCUT2D eigenvalue weighted by Crippen LogP contribution is 2.48. The fourth-order valence-corrected chi connectivity index (χ4v) is 8.44. The van der Waals surface area contributed by atoms with Gasteiger partial charge in [-0.05, 0) is 50.9 Å². The van der Waals surface area contributed by atoms with Crippen LogP contribution in [0.4, 0.5) is 37.2 Å². The lowest BCUT2D eigenvalue weighted by molar-refractivity contribution is -0.137. The molecule has 0 radical (unpaired) electrons. The highest BCUT2D eigenvalue weighted by molar-refractivity contribution is 7.23. The smallest absolute Gasteiger partial charge is 0.417 e. The standard InChI is InChI=1S/C32H30F6N6O2S/c1-15-11-43(12-16(2)46-15)29-19-8-21(32(36,37)38)24(18-4-5-22(34)27-23(18)20(10-39)28(40)47-27)25(35)26(19)41-30(42-29)45-14-31-6-3-7-44(31)13-17(33)9-31/h4-5,8,15-17H,3,6-7,9,11-14,40H2,1-2H3/t15-,16+,17-,31+/m1/s1. The number of nitriles is 1. The summed E-state index contributed by atoms with van der Waals surface area (Å²) >= 11 is 0.693. The molecule has 2 aromatic carbocycles. The van der Waals surface area contributed by atoms with Crippen LogP contribution in [0.25, 0.3) is 32.1 Å². The Kier molecular flexibility index (Phi) is 7.68. The number of halogens is 6. The lowest BCUT2D eigenvalue weighted by atomic mass is 9.92. The molecule has 0 amide bonds. The van der Waals surface area contributed by atoms with Gasteiger partial charge in [-0.25, -0.2) is 13.2 Å². The molecule has 2 N–H and O–H groups in total. The summed E-state index contributed by atoms with van der Waals surface area (Å²) in [6.45, 7) is 5.12. The number of nitrogens with zero attached hydrogens (tertiary/aromatic N) is 5. The van der Waals surface area contributed by atoms with E-state index in [9.17, 15) is 27.2 Å². The molecule has 7 rings (SSSR count). The van der Waals surface area contributed by atoms with E-state index in [1.54, 1.807) is 4.90 Å². The van der Waals surface area contributed by atoms with Gasteiger partial charge in [-0.15, -0.1) is 11.3 Å². The van der Waals surface area contributed by atoms with Crippen molar-refractivity contribution in [3.8, 4) is 23.2 Å². The molecule has 0 spiro atoms. The second-order valence-electron chi connectivity index (χ2n) is 12.6. The van der Waals surface area contributed by atoms with Crippen molar-refractivity contribution >= 4 is 43.1 Å². The maximum atomic E-state index is 17.0. The molecule has 0 unspecified atom stereocenters. The molecule has 4 aromatic rings. The van der Waals surface area contributed by atoms with Crippen LogP contribution in [0.5, 0.6) is 6.01 Å². The number of morpholine rings is 1. The number of aromatic nitrogens is 2. The average molecular weight is 677 g/mol. The van der Waals surface area contributed by atoms with Gasteiger partial charge in [0.05, 0.1) is 33.6 Å². The predicted octanol–water partition coefficient (Wildman–Crippen LogP) is 6.83. The molecule has 3 aliphatic rings. The van der Waals surface area contributed by atoms with Gasteiger partial charge < -0.3 is 20.1 Å². The van der Waals surface area contributed by atoms with Gasteiger partial charge in [0.1, 0.15) is 41.0 Å². The molecule has 0 saturated carbocycles. The number of hydrogen-bond acceptors (Lipinski definition) is 9. The van der Waals surface area contributed by atoms with Crippen LogP contribution in [0, 0.1) is 23.0 Å². The van der Waals surface area contributed by atoms with Gasteiger partial charge in [0.15, 0.2) is 5.82 Å². The maximum absolute atomic E-state index is 17.0. The molecule has 3 saturated heterocycles. The zero-order valence-corrected chi connectivity index (χ0v) is 26.2. The van der Waals surface area contributed by atoms with Crippen molar-refractivity contribution in [2.75, 3.05) is 43.4 Å². The van der Waals surface area contributed by atoms with Gasteiger partial charge in [-0.3, -0.25) is 4.90 Å². The van der Waals surface area contributed by atoms with E-state index in [2.05, 4.69) is 9.97 Å². The molecule has 4 atom stereocenters. The van der Waals surface area contributed by atoms with E-state index in [1.807, 2.05) is 24.8 Å². The van der Waals surface area contributed by atoms with Crippen molar-refractivity contribution in [3.63, 3.8) is 0 Å². The Morgan fingerprint density at radius 1 is 1.17 bits per heavy atom. The number of fused-ring (bicyclic) bond motifs is 3. The van der Waals surface area contributed by atoms with E-state index in [1.165, 1.54) is 0 Å².